The zero-order valence-electron chi connectivity index (χ0n) is 16.2. The highest BCUT2D eigenvalue weighted by Gasteiger charge is 2.21. The van der Waals surface area contributed by atoms with Gasteiger partial charge in [0.2, 0.25) is 5.88 Å². The lowest BCUT2D eigenvalue weighted by Gasteiger charge is -2.24. The molecular weight excluding hydrogens is 372 g/mol. The summed E-state index contributed by atoms with van der Waals surface area (Å²) in [7, 11) is 1.50. The fourth-order valence-corrected chi connectivity index (χ4v) is 3.35. The first-order valence-corrected chi connectivity index (χ1v) is 9.51. The topological polar surface area (TPSA) is 88.4 Å². The van der Waals surface area contributed by atoms with Crippen LogP contribution in [0.1, 0.15) is 41.4 Å². The summed E-state index contributed by atoms with van der Waals surface area (Å²) in [6.07, 6.45) is 8.72. The SMILES string of the molecule is COc1cc(C=O)c(OCc2cccnc2-c2ccnn2C2CCCCO2)cn1. The van der Waals surface area contributed by atoms with Crippen LogP contribution in [0, 0.1) is 0 Å². The van der Waals surface area contributed by atoms with Crippen molar-refractivity contribution < 1.29 is 19.0 Å². The number of carbonyl (C=O) groups excluding carboxylic acids is 1. The van der Waals surface area contributed by atoms with Crippen molar-refractivity contribution in [3.05, 3.63) is 54.0 Å². The third-order valence-corrected chi connectivity index (χ3v) is 4.82. The van der Waals surface area contributed by atoms with E-state index in [0.717, 1.165) is 49.1 Å². The van der Waals surface area contributed by atoms with Crippen LogP contribution in [-0.2, 0) is 11.3 Å². The van der Waals surface area contributed by atoms with E-state index in [2.05, 4.69) is 15.1 Å². The van der Waals surface area contributed by atoms with Crippen molar-refractivity contribution in [1.29, 1.82) is 0 Å². The summed E-state index contributed by atoms with van der Waals surface area (Å²) >= 11 is 0. The van der Waals surface area contributed by atoms with Gasteiger partial charge in [-0.15, -0.1) is 0 Å². The molecule has 150 valence electrons. The fraction of sp³-hybridized carbons (Fsp3) is 0.333. The molecule has 0 amide bonds. The van der Waals surface area contributed by atoms with Crippen LogP contribution in [0.5, 0.6) is 11.6 Å². The van der Waals surface area contributed by atoms with E-state index in [1.54, 1.807) is 18.5 Å². The molecule has 0 bridgehead atoms. The van der Waals surface area contributed by atoms with Crippen LogP contribution in [0.25, 0.3) is 11.4 Å². The number of ether oxygens (including phenoxy) is 3. The molecule has 3 aromatic rings. The Morgan fingerprint density at radius 2 is 2.21 bits per heavy atom. The maximum absolute atomic E-state index is 11.4. The van der Waals surface area contributed by atoms with Crippen LogP contribution in [0.15, 0.2) is 42.9 Å². The van der Waals surface area contributed by atoms with Gasteiger partial charge in [0.15, 0.2) is 12.5 Å². The van der Waals surface area contributed by atoms with Crippen molar-refractivity contribution in [2.45, 2.75) is 32.1 Å². The Morgan fingerprint density at radius 3 is 3.00 bits per heavy atom. The smallest absolute Gasteiger partial charge is 0.213 e. The first-order valence-electron chi connectivity index (χ1n) is 9.51. The van der Waals surface area contributed by atoms with E-state index in [9.17, 15) is 4.79 Å². The van der Waals surface area contributed by atoms with E-state index in [1.165, 1.54) is 13.3 Å². The normalized spacial score (nSPS) is 16.4. The van der Waals surface area contributed by atoms with Gasteiger partial charge in [0.25, 0.3) is 0 Å². The number of pyridine rings is 2. The summed E-state index contributed by atoms with van der Waals surface area (Å²) in [4.78, 5) is 20.0. The van der Waals surface area contributed by atoms with Crippen molar-refractivity contribution in [3.63, 3.8) is 0 Å². The number of aromatic nitrogens is 4. The van der Waals surface area contributed by atoms with Crippen molar-refractivity contribution in [3.8, 4) is 23.0 Å². The molecule has 0 N–H and O–H groups in total. The minimum absolute atomic E-state index is 0.0861. The van der Waals surface area contributed by atoms with Gasteiger partial charge in [0.05, 0.1) is 30.3 Å². The molecule has 3 aromatic heterocycles. The molecule has 4 rings (SSSR count). The summed E-state index contributed by atoms with van der Waals surface area (Å²) in [6.45, 7) is 0.968. The first kappa shape index (κ1) is 19.1. The zero-order chi connectivity index (χ0) is 20.1. The molecule has 1 atom stereocenters. The molecule has 0 spiro atoms. The predicted molar refractivity (Wildman–Crippen MR) is 105 cm³/mol. The second kappa shape index (κ2) is 8.83. The second-order valence-corrected chi connectivity index (χ2v) is 6.66. The van der Waals surface area contributed by atoms with Crippen LogP contribution < -0.4 is 9.47 Å². The molecule has 0 aliphatic carbocycles. The van der Waals surface area contributed by atoms with Crippen LogP contribution in [-0.4, -0.2) is 39.8 Å². The molecule has 8 nitrogen and oxygen atoms in total. The minimum atomic E-state index is -0.0861. The Morgan fingerprint density at radius 1 is 1.28 bits per heavy atom. The van der Waals surface area contributed by atoms with Crippen molar-refractivity contribution in [2.75, 3.05) is 13.7 Å². The molecule has 0 aromatic carbocycles. The van der Waals surface area contributed by atoms with Gasteiger partial charge in [0.1, 0.15) is 12.4 Å². The van der Waals surface area contributed by atoms with E-state index in [1.807, 2.05) is 22.9 Å². The van der Waals surface area contributed by atoms with E-state index >= 15 is 0 Å². The van der Waals surface area contributed by atoms with Gasteiger partial charge in [-0.3, -0.25) is 9.78 Å². The molecule has 0 saturated carbocycles. The number of aldehydes is 1. The molecule has 4 heterocycles. The Hall–Kier alpha value is -3.26. The van der Waals surface area contributed by atoms with E-state index < -0.39 is 0 Å². The Kier molecular flexibility index (Phi) is 5.81. The average Bonchev–Trinajstić information content (AvgIpc) is 3.28. The van der Waals surface area contributed by atoms with Crippen LogP contribution in [0.3, 0.4) is 0 Å². The Balaban J connectivity index is 1.59. The average molecular weight is 394 g/mol. The number of carbonyl (C=O) groups is 1. The number of rotatable bonds is 7. The monoisotopic (exact) mass is 394 g/mol. The molecule has 0 radical (unpaired) electrons. The van der Waals surface area contributed by atoms with Gasteiger partial charge in [-0.1, -0.05) is 6.07 Å². The van der Waals surface area contributed by atoms with E-state index in [4.69, 9.17) is 14.2 Å². The lowest BCUT2D eigenvalue weighted by Crippen LogP contribution is -2.20. The number of nitrogens with zero attached hydrogens (tertiary/aromatic N) is 4. The van der Waals surface area contributed by atoms with Gasteiger partial charge >= 0.3 is 0 Å². The summed E-state index contributed by atoms with van der Waals surface area (Å²) in [5.41, 5.74) is 2.90. The Labute approximate surface area is 168 Å². The van der Waals surface area contributed by atoms with Crippen LogP contribution in [0.4, 0.5) is 0 Å². The molecule has 1 aliphatic heterocycles. The Bertz CT molecular complexity index is 982. The summed E-state index contributed by atoms with van der Waals surface area (Å²) in [6, 6.07) is 7.27. The summed E-state index contributed by atoms with van der Waals surface area (Å²) in [5.74, 6) is 0.748. The number of hydrogen-bond donors (Lipinski definition) is 0. The van der Waals surface area contributed by atoms with Crippen molar-refractivity contribution >= 4 is 6.29 Å². The third kappa shape index (κ3) is 4.12. The maximum Gasteiger partial charge on any atom is 0.213 e. The molecular formula is C21H22N4O4. The first-order chi connectivity index (χ1) is 14.3. The summed E-state index contributed by atoms with van der Waals surface area (Å²) in [5, 5.41) is 4.46. The highest BCUT2D eigenvalue weighted by atomic mass is 16.5. The lowest BCUT2D eigenvalue weighted by molar-refractivity contribution is -0.0384. The third-order valence-electron chi connectivity index (χ3n) is 4.82. The zero-order valence-corrected chi connectivity index (χ0v) is 16.2. The van der Waals surface area contributed by atoms with Crippen molar-refractivity contribution in [1.82, 2.24) is 19.7 Å². The van der Waals surface area contributed by atoms with Gasteiger partial charge in [-0.25, -0.2) is 9.67 Å². The second-order valence-electron chi connectivity index (χ2n) is 6.66. The quantitative estimate of drug-likeness (QED) is 0.567. The van der Waals surface area contributed by atoms with E-state index in [0.29, 0.717) is 17.2 Å². The van der Waals surface area contributed by atoms with Crippen LogP contribution in [0.2, 0.25) is 0 Å². The number of methoxy groups -OCH3 is 1. The largest absolute Gasteiger partial charge is 0.486 e. The van der Waals surface area contributed by atoms with Gasteiger partial charge in [0, 0.05) is 30.6 Å². The summed E-state index contributed by atoms with van der Waals surface area (Å²) < 4.78 is 18.7. The molecule has 1 fully saturated rings. The lowest BCUT2D eigenvalue weighted by atomic mass is 10.1. The molecule has 1 unspecified atom stereocenters. The predicted octanol–water partition coefficient (Wildman–Crippen LogP) is 3.44. The highest BCUT2D eigenvalue weighted by molar-refractivity contribution is 5.79. The van der Waals surface area contributed by atoms with E-state index in [-0.39, 0.29) is 12.8 Å². The molecule has 8 heteroatoms. The molecule has 1 aliphatic rings. The van der Waals surface area contributed by atoms with Gasteiger partial charge in [-0.05, 0) is 31.4 Å². The minimum Gasteiger partial charge on any atom is -0.486 e. The molecule has 29 heavy (non-hydrogen) atoms. The van der Waals surface area contributed by atoms with Crippen LogP contribution >= 0.6 is 0 Å². The standard InChI is InChI=1S/C21H22N4O4/c1-27-19-11-16(13-26)18(12-23-19)29-14-15-5-4-8-22-21(15)17-7-9-24-25(17)20-6-2-3-10-28-20/h4-5,7-9,11-13,20H,2-3,6,10,14H2,1H3. The maximum atomic E-state index is 11.4. The molecule has 1 saturated heterocycles. The van der Waals surface area contributed by atoms with Crippen molar-refractivity contribution in [2.24, 2.45) is 0 Å². The van der Waals surface area contributed by atoms with Gasteiger partial charge in [-0.2, -0.15) is 5.10 Å². The fourth-order valence-electron chi connectivity index (χ4n) is 3.35. The van der Waals surface area contributed by atoms with Gasteiger partial charge < -0.3 is 14.2 Å². The highest BCUT2D eigenvalue weighted by Crippen LogP contribution is 2.29. The number of hydrogen-bond acceptors (Lipinski definition) is 7.